The van der Waals surface area contributed by atoms with Crippen LogP contribution in [-0.4, -0.2) is 53.2 Å². The Morgan fingerprint density at radius 1 is 1.19 bits per heavy atom. The minimum atomic E-state index is -3.88. The van der Waals surface area contributed by atoms with Crippen molar-refractivity contribution >= 4 is 27.8 Å². The van der Waals surface area contributed by atoms with Crippen molar-refractivity contribution in [2.24, 2.45) is 4.99 Å². The number of hydrogen-bond acceptors (Lipinski definition) is 6. The monoisotopic (exact) mass is 606 g/mol. The Bertz CT molecular complexity index is 1530. The molecule has 2 aromatic carbocycles. The van der Waals surface area contributed by atoms with Gasteiger partial charge in [-0.25, -0.2) is 17.5 Å². The molecule has 43 heavy (non-hydrogen) atoms. The van der Waals surface area contributed by atoms with Gasteiger partial charge in [-0.1, -0.05) is 42.5 Å². The van der Waals surface area contributed by atoms with E-state index < -0.39 is 28.0 Å². The van der Waals surface area contributed by atoms with Crippen molar-refractivity contribution in [1.82, 2.24) is 9.62 Å². The topological polar surface area (TPSA) is 91.3 Å². The largest absolute Gasteiger partial charge is 0.382 e. The number of benzene rings is 2. The maximum absolute atomic E-state index is 13.8. The number of ether oxygens (including phenoxy) is 1. The first kappa shape index (κ1) is 32.1. The minimum Gasteiger partial charge on any atom is -0.382 e. The fourth-order valence-electron chi connectivity index (χ4n) is 5.11. The zero-order chi connectivity index (χ0) is 30.8. The Kier molecular flexibility index (Phi) is 11.2. The van der Waals surface area contributed by atoms with E-state index in [-0.39, 0.29) is 30.2 Å². The van der Waals surface area contributed by atoms with Gasteiger partial charge in [-0.2, -0.15) is 0 Å². The maximum atomic E-state index is 13.8. The first-order valence-electron chi connectivity index (χ1n) is 14.3. The molecule has 1 amide bonds. The van der Waals surface area contributed by atoms with E-state index in [1.807, 2.05) is 67.5 Å². The average molecular weight is 607 g/mol. The molecular formula is C33H39FN4O4S. The number of fused-ring (bicyclic) bond motifs is 1. The second-order valence-electron chi connectivity index (χ2n) is 10.7. The SMILES string of the molecule is COC(CC(=O)N(CC=N/C=C\N(C)C)c1ccc2c(c1)C(NS(=O)(=O)C1=CC=C(F)C=CC1)CCC2)c1ccccc1. The van der Waals surface area contributed by atoms with E-state index in [1.165, 1.54) is 18.2 Å². The average Bonchev–Trinajstić information content (AvgIpc) is 3.22. The van der Waals surface area contributed by atoms with Crippen molar-refractivity contribution in [3.63, 3.8) is 0 Å². The molecule has 1 N–H and O–H groups in total. The van der Waals surface area contributed by atoms with Gasteiger partial charge < -0.3 is 14.5 Å². The molecule has 8 nitrogen and oxygen atoms in total. The molecule has 2 aliphatic carbocycles. The summed E-state index contributed by atoms with van der Waals surface area (Å²) in [6.45, 7) is 0.216. The lowest BCUT2D eigenvalue weighted by Gasteiger charge is -2.30. The molecule has 0 aliphatic heterocycles. The van der Waals surface area contributed by atoms with Gasteiger partial charge in [0.05, 0.1) is 24.0 Å². The number of aliphatic imine (C=N–C) groups is 1. The van der Waals surface area contributed by atoms with Crippen LogP contribution in [0.2, 0.25) is 0 Å². The molecule has 10 heteroatoms. The Balaban J connectivity index is 1.63. The Morgan fingerprint density at radius 2 is 1.98 bits per heavy atom. The molecule has 2 aliphatic rings. The van der Waals surface area contributed by atoms with Gasteiger partial charge in [0.2, 0.25) is 15.9 Å². The molecular weight excluding hydrogens is 567 g/mol. The van der Waals surface area contributed by atoms with Crippen LogP contribution in [-0.2, 0) is 26.0 Å². The van der Waals surface area contributed by atoms with Crippen molar-refractivity contribution in [3.8, 4) is 0 Å². The van der Waals surface area contributed by atoms with E-state index >= 15 is 0 Å². The normalized spacial score (nSPS) is 17.7. The number of halogens is 1. The molecule has 4 rings (SSSR count). The van der Waals surface area contributed by atoms with E-state index in [9.17, 15) is 17.6 Å². The Hall–Kier alpha value is -3.86. The van der Waals surface area contributed by atoms with Crippen molar-refractivity contribution in [2.75, 3.05) is 32.6 Å². The number of hydrogen-bond donors (Lipinski definition) is 1. The number of rotatable bonds is 12. The van der Waals surface area contributed by atoms with E-state index in [1.54, 1.807) is 30.6 Å². The summed E-state index contributed by atoms with van der Waals surface area (Å²) in [6, 6.07) is 14.9. The van der Waals surface area contributed by atoms with Gasteiger partial charge in [0.25, 0.3) is 0 Å². The highest BCUT2D eigenvalue weighted by atomic mass is 32.2. The van der Waals surface area contributed by atoms with Gasteiger partial charge in [0, 0.05) is 58.0 Å². The number of nitrogens with one attached hydrogen (secondary N) is 1. The number of nitrogens with zero attached hydrogens (tertiary/aromatic N) is 3. The third-order valence-corrected chi connectivity index (χ3v) is 8.95. The number of amides is 1. The molecule has 0 saturated heterocycles. The standard InChI is InChI=1S/C33H39FN4O4S/c1-37(2)21-19-35-20-22-38(33(39)24-32(42-3)26-9-5-4-6-10-26)28-17-15-25-11-7-14-31(30(25)23-28)36-43(40,41)29-13-8-12-27(34)16-18-29/h4-6,8-10,12,15-21,23,31-32,36H,7,11,13-14,22,24H2,1-3H3/b21-19-,35-20?. The fraction of sp³-hybridized carbons (Fsp3) is 0.333. The molecule has 0 bridgehead atoms. The highest BCUT2D eigenvalue weighted by molar-refractivity contribution is 7.93. The number of carbonyl (C=O) groups excluding carboxylic acids is 1. The lowest BCUT2D eigenvalue weighted by atomic mass is 9.87. The summed E-state index contributed by atoms with van der Waals surface area (Å²) in [5, 5.41) is 0. The van der Waals surface area contributed by atoms with Crippen LogP contribution in [0.4, 0.5) is 10.1 Å². The molecule has 228 valence electrons. The first-order chi connectivity index (χ1) is 20.7. The van der Waals surface area contributed by atoms with Crippen LogP contribution in [0.1, 0.15) is 54.5 Å². The number of aryl methyl sites for hydroxylation is 1. The molecule has 0 heterocycles. The van der Waals surface area contributed by atoms with E-state index in [0.29, 0.717) is 12.1 Å². The van der Waals surface area contributed by atoms with Crippen LogP contribution >= 0.6 is 0 Å². The summed E-state index contributed by atoms with van der Waals surface area (Å²) in [7, 11) is 1.49. The molecule has 0 radical (unpaired) electrons. The molecule has 0 saturated carbocycles. The summed E-state index contributed by atoms with van der Waals surface area (Å²) in [5.41, 5.74) is 3.39. The lowest BCUT2D eigenvalue weighted by Crippen LogP contribution is -2.35. The molecule has 0 spiro atoms. The predicted molar refractivity (Wildman–Crippen MR) is 170 cm³/mol. The highest BCUT2D eigenvalue weighted by Gasteiger charge is 2.29. The molecule has 2 atom stereocenters. The van der Waals surface area contributed by atoms with Crippen LogP contribution in [0, 0.1) is 0 Å². The minimum absolute atomic E-state index is 0.102. The van der Waals surface area contributed by atoms with Crippen molar-refractivity contribution < 1.29 is 22.3 Å². The summed E-state index contributed by atoms with van der Waals surface area (Å²) in [5.74, 6) is -0.651. The van der Waals surface area contributed by atoms with E-state index in [0.717, 1.165) is 35.6 Å². The van der Waals surface area contributed by atoms with E-state index in [4.69, 9.17) is 4.74 Å². The van der Waals surface area contributed by atoms with Crippen LogP contribution in [0.3, 0.4) is 0 Å². The van der Waals surface area contributed by atoms with Gasteiger partial charge in [0.15, 0.2) is 0 Å². The Morgan fingerprint density at radius 3 is 2.72 bits per heavy atom. The zero-order valence-electron chi connectivity index (χ0n) is 24.8. The molecule has 2 aromatic rings. The van der Waals surface area contributed by atoms with E-state index in [2.05, 4.69) is 9.71 Å². The van der Waals surface area contributed by atoms with Crippen molar-refractivity contribution in [1.29, 1.82) is 0 Å². The zero-order valence-corrected chi connectivity index (χ0v) is 25.6. The second kappa shape index (κ2) is 15.0. The van der Waals surface area contributed by atoms with Crippen molar-refractivity contribution in [2.45, 2.75) is 44.2 Å². The number of carbonyl (C=O) groups is 1. The third kappa shape index (κ3) is 8.82. The third-order valence-electron chi connectivity index (χ3n) is 7.36. The number of anilines is 1. The fourth-order valence-corrected chi connectivity index (χ4v) is 6.44. The molecule has 0 fully saturated rings. The molecule has 0 aromatic heterocycles. The van der Waals surface area contributed by atoms with Crippen LogP contribution in [0.5, 0.6) is 0 Å². The quantitative estimate of drug-likeness (QED) is 0.304. The molecule has 2 unspecified atom stereocenters. The van der Waals surface area contributed by atoms with Gasteiger partial charge in [-0.15, -0.1) is 0 Å². The summed E-state index contributed by atoms with van der Waals surface area (Å²) in [4.78, 5) is 21.7. The van der Waals surface area contributed by atoms with Gasteiger partial charge in [-0.3, -0.25) is 9.79 Å². The van der Waals surface area contributed by atoms with Gasteiger partial charge in [0.1, 0.15) is 5.83 Å². The smallest absolute Gasteiger partial charge is 0.237 e. The van der Waals surface area contributed by atoms with Crippen LogP contribution in [0.15, 0.2) is 101 Å². The lowest BCUT2D eigenvalue weighted by molar-refractivity contribution is -0.120. The summed E-state index contributed by atoms with van der Waals surface area (Å²) < 4.78 is 48.8. The van der Waals surface area contributed by atoms with Gasteiger partial charge in [-0.05, 0) is 66.3 Å². The second-order valence-corrected chi connectivity index (χ2v) is 12.4. The highest BCUT2D eigenvalue weighted by Crippen LogP contribution is 2.35. The maximum Gasteiger partial charge on any atom is 0.237 e. The summed E-state index contributed by atoms with van der Waals surface area (Å²) in [6.07, 6.45) is 12.4. The number of methoxy groups -OCH3 is 1. The summed E-state index contributed by atoms with van der Waals surface area (Å²) >= 11 is 0. The predicted octanol–water partition coefficient (Wildman–Crippen LogP) is 5.90. The van der Waals surface area contributed by atoms with Crippen LogP contribution < -0.4 is 9.62 Å². The van der Waals surface area contributed by atoms with Crippen LogP contribution in [0.25, 0.3) is 0 Å². The van der Waals surface area contributed by atoms with Gasteiger partial charge >= 0.3 is 0 Å². The number of sulfonamides is 1. The first-order valence-corrected chi connectivity index (χ1v) is 15.8. The number of allylic oxidation sites excluding steroid dienone is 6. The van der Waals surface area contributed by atoms with Crippen molar-refractivity contribution in [3.05, 3.63) is 113 Å². The Labute approximate surface area is 254 Å².